The molecule has 0 spiro atoms. The molecule has 7 nitrogen and oxygen atoms in total. The summed E-state index contributed by atoms with van der Waals surface area (Å²) in [7, 11) is 0. The molecule has 1 aromatic rings. The van der Waals surface area contributed by atoms with E-state index in [0.717, 1.165) is 6.42 Å². The van der Waals surface area contributed by atoms with Gasteiger partial charge in [0.2, 0.25) is 0 Å². The molecule has 1 saturated heterocycles. The van der Waals surface area contributed by atoms with Crippen molar-refractivity contribution in [2.75, 3.05) is 24.5 Å². The monoisotopic (exact) mass is 292 g/mol. The maximum Gasteiger partial charge on any atom is 0.324 e. The van der Waals surface area contributed by atoms with Gasteiger partial charge in [-0.3, -0.25) is 15.0 Å². The van der Waals surface area contributed by atoms with Gasteiger partial charge >= 0.3 is 6.03 Å². The minimum absolute atomic E-state index is 0.0205. The highest BCUT2D eigenvalue weighted by Gasteiger charge is 2.30. The quantitative estimate of drug-likeness (QED) is 0.663. The van der Waals surface area contributed by atoms with Gasteiger partial charge in [0.15, 0.2) is 0 Å². The molecule has 2 amide bonds. The van der Waals surface area contributed by atoms with Crippen molar-refractivity contribution in [2.24, 2.45) is 5.73 Å². The van der Waals surface area contributed by atoms with Gasteiger partial charge in [-0.05, 0) is 32.4 Å². The van der Waals surface area contributed by atoms with E-state index in [0.29, 0.717) is 25.3 Å². The van der Waals surface area contributed by atoms with E-state index in [1.54, 1.807) is 21.9 Å². The van der Waals surface area contributed by atoms with Crippen molar-refractivity contribution in [3.63, 3.8) is 0 Å². The first-order chi connectivity index (χ1) is 9.78. The molecule has 0 unspecified atom stereocenters. The lowest BCUT2D eigenvalue weighted by Crippen LogP contribution is -2.39. The lowest BCUT2D eigenvalue weighted by atomic mass is 10.0. The Kier molecular flexibility index (Phi) is 4.13. The standard InChI is InChI=1S/C14H20N4O3/c1-14(2,15)7-8-16-9-10-17(13(16)19)11-3-5-12(6-4-11)18(20)21/h3-6H,7-10,15H2,1-2H3. The van der Waals surface area contributed by atoms with Crippen molar-refractivity contribution in [1.29, 1.82) is 0 Å². The number of hydrogen-bond acceptors (Lipinski definition) is 4. The number of anilines is 1. The lowest BCUT2D eigenvalue weighted by molar-refractivity contribution is -0.384. The van der Waals surface area contributed by atoms with Gasteiger partial charge < -0.3 is 10.6 Å². The molecule has 1 heterocycles. The molecule has 7 heteroatoms. The second kappa shape index (κ2) is 5.69. The maximum atomic E-state index is 12.3. The summed E-state index contributed by atoms with van der Waals surface area (Å²) in [6.07, 6.45) is 0.729. The fraction of sp³-hybridized carbons (Fsp3) is 0.500. The van der Waals surface area contributed by atoms with Crippen molar-refractivity contribution in [3.8, 4) is 0 Å². The largest absolute Gasteiger partial charge is 0.325 e. The number of nitrogens with two attached hydrogens (primary N) is 1. The zero-order valence-corrected chi connectivity index (χ0v) is 12.3. The molecule has 1 aromatic carbocycles. The Balaban J connectivity index is 2.02. The van der Waals surface area contributed by atoms with Gasteiger partial charge in [0.05, 0.1) is 4.92 Å². The van der Waals surface area contributed by atoms with E-state index in [1.807, 2.05) is 13.8 Å². The van der Waals surface area contributed by atoms with Crippen LogP contribution >= 0.6 is 0 Å². The molecule has 2 N–H and O–H groups in total. The predicted octanol–water partition coefficient (Wildman–Crippen LogP) is 1.96. The van der Waals surface area contributed by atoms with Crippen molar-refractivity contribution in [1.82, 2.24) is 4.90 Å². The summed E-state index contributed by atoms with van der Waals surface area (Å²) >= 11 is 0. The van der Waals surface area contributed by atoms with Crippen molar-refractivity contribution in [3.05, 3.63) is 34.4 Å². The molecule has 0 bridgehead atoms. The lowest BCUT2D eigenvalue weighted by Gasteiger charge is -2.23. The Morgan fingerprint density at radius 1 is 1.29 bits per heavy atom. The average molecular weight is 292 g/mol. The first-order valence-electron chi connectivity index (χ1n) is 6.88. The second-order valence-corrected chi connectivity index (χ2v) is 5.93. The topological polar surface area (TPSA) is 92.7 Å². The first-order valence-corrected chi connectivity index (χ1v) is 6.88. The van der Waals surface area contributed by atoms with Crippen molar-refractivity contribution >= 4 is 17.4 Å². The van der Waals surface area contributed by atoms with Gasteiger partial charge in [-0.2, -0.15) is 0 Å². The van der Waals surface area contributed by atoms with E-state index in [1.165, 1.54) is 12.1 Å². The molecular weight excluding hydrogens is 272 g/mol. The third-order valence-electron chi connectivity index (χ3n) is 3.49. The Morgan fingerprint density at radius 2 is 1.90 bits per heavy atom. The van der Waals surface area contributed by atoms with Gasteiger partial charge in [0, 0.05) is 43.0 Å². The fourth-order valence-electron chi connectivity index (χ4n) is 2.21. The van der Waals surface area contributed by atoms with Crippen LogP contribution in [0.2, 0.25) is 0 Å². The van der Waals surface area contributed by atoms with Crippen LogP contribution in [0.1, 0.15) is 20.3 Å². The summed E-state index contributed by atoms with van der Waals surface area (Å²) < 4.78 is 0. The SMILES string of the molecule is CC(C)(N)CCN1CCN(c2ccc([N+](=O)[O-])cc2)C1=O. The number of carbonyl (C=O) groups excluding carboxylic acids is 1. The van der Waals surface area contributed by atoms with E-state index >= 15 is 0 Å². The Hall–Kier alpha value is -2.15. The van der Waals surface area contributed by atoms with Crippen molar-refractivity contribution < 1.29 is 9.72 Å². The number of rotatable bonds is 5. The number of urea groups is 1. The Morgan fingerprint density at radius 3 is 2.43 bits per heavy atom. The second-order valence-electron chi connectivity index (χ2n) is 5.93. The van der Waals surface area contributed by atoms with Crippen LogP contribution in [0, 0.1) is 10.1 Å². The van der Waals surface area contributed by atoms with Gasteiger partial charge in [-0.15, -0.1) is 0 Å². The van der Waals surface area contributed by atoms with Gasteiger partial charge in [-0.25, -0.2) is 4.79 Å². The van der Waals surface area contributed by atoms with Crippen LogP contribution in [0.25, 0.3) is 0 Å². The summed E-state index contributed by atoms with van der Waals surface area (Å²) in [5, 5.41) is 10.6. The molecule has 1 fully saturated rings. The molecule has 114 valence electrons. The zero-order valence-electron chi connectivity index (χ0n) is 12.3. The number of hydrogen-bond donors (Lipinski definition) is 1. The highest BCUT2D eigenvalue weighted by atomic mass is 16.6. The van der Waals surface area contributed by atoms with Crippen molar-refractivity contribution in [2.45, 2.75) is 25.8 Å². The maximum absolute atomic E-state index is 12.3. The van der Waals surface area contributed by atoms with E-state index in [9.17, 15) is 14.9 Å². The highest BCUT2D eigenvalue weighted by Crippen LogP contribution is 2.23. The summed E-state index contributed by atoms with van der Waals surface area (Å²) in [4.78, 5) is 25.9. The first kappa shape index (κ1) is 15.2. The number of nitro benzene ring substituents is 1. The molecule has 1 aliphatic rings. The summed E-state index contributed by atoms with van der Waals surface area (Å²) in [6, 6.07) is 5.95. The number of carbonyl (C=O) groups is 1. The molecule has 0 atom stereocenters. The molecule has 0 saturated carbocycles. The van der Waals surface area contributed by atoms with Crippen LogP contribution in [0.5, 0.6) is 0 Å². The average Bonchev–Trinajstić information content (AvgIpc) is 2.77. The van der Waals surface area contributed by atoms with Crippen LogP contribution in [0.3, 0.4) is 0 Å². The van der Waals surface area contributed by atoms with E-state index in [2.05, 4.69) is 0 Å². The fourth-order valence-corrected chi connectivity index (χ4v) is 2.21. The van der Waals surface area contributed by atoms with Gasteiger partial charge in [-0.1, -0.05) is 0 Å². The minimum Gasteiger partial charge on any atom is -0.325 e. The highest BCUT2D eigenvalue weighted by molar-refractivity contribution is 5.94. The van der Waals surface area contributed by atoms with E-state index in [4.69, 9.17) is 5.73 Å². The van der Waals surface area contributed by atoms with Crippen LogP contribution in [-0.2, 0) is 0 Å². The van der Waals surface area contributed by atoms with Crippen LogP contribution in [0.15, 0.2) is 24.3 Å². The van der Waals surface area contributed by atoms with E-state index in [-0.39, 0.29) is 17.3 Å². The molecule has 0 radical (unpaired) electrons. The third kappa shape index (κ3) is 3.69. The smallest absolute Gasteiger partial charge is 0.324 e. The molecule has 0 aromatic heterocycles. The third-order valence-corrected chi connectivity index (χ3v) is 3.49. The minimum atomic E-state index is -0.453. The number of non-ortho nitro benzene ring substituents is 1. The van der Waals surface area contributed by atoms with Gasteiger partial charge in [0.25, 0.3) is 5.69 Å². The summed E-state index contributed by atoms with van der Waals surface area (Å²) in [5.74, 6) is 0. The number of nitro groups is 1. The van der Waals surface area contributed by atoms with Crippen LogP contribution in [-0.4, -0.2) is 41.0 Å². The Bertz CT molecular complexity index is 536. The number of amides is 2. The Labute approximate surface area is 123 Å². The number of nitrogens with zero attached hydrogens (tertiary/aromatic N) is 3. The predicted molar refractivity (Wildman–Crippen MR) is 80.3 cm³/mol. The van der Waals surface area contributed by atoms with Crippen LogP contribution in [0.4, 0.5) is 16.2 Å². The molecule has 2 rings (SSSR count). The van der Waals surface area contributed by atoms with Crippen LogP contribution < -0.4 is 10.6 Å². The molecule has 1 aliphatic heterocycles. The molecule has 0 aliphatic carbocycles. The molecule has 21 heavy (non-hydrogen) atoms. The van der Waals surface area contributed by atoms with E-state index < -0.39 is 4.92 Å². The normalized spacial score (nSPS) is 15.7. The summed E-state index contributed by atoms with van der Waals surface area (Å²) in [5.41, 5.74) is 6.33. The zero-order chi connectivity index (χ0) is 15.6. The number of benzene rings is 1. The van der Waals surface area contributed by atoms with Gasteiger partial charge in [0.1, 0.15) is 0 Å². The summed E-state index contributed by atoms with van der Waals surface area (Å²) in [6.45, 7) is 5.71. The molecular formula is C14H20N4O3.